The van der Waals surface area contributed by atoms with Crippen LogP contribution in [0.4, 0.5) is 38.1 Å². The number of rotatable bonds is 4. The van der Waals surface area contributed by atoms with E-state index in [1.54, 1.807) is 6.92 Å². The standard InChI is InChI=1S/C21H19ClF5N7O2/c1-4-32(3)18(35)15-11(17(23)24)5-10(7-29-15)30-19(36)33-9-20(2,21(25,26)27)16-12(33)8-28-14-6-13(22)31-34(14)16/h5-8,17H,4,9H2,1-3H3,(H,30,36)/t20-/m1/s1. The molecule has 1 aliphatic rings. The Labute approximate surface area is 205 Å². The molecule has 0 fully saturated rings. The number of carbonyl (C=O) groups is 2. The third-order valence-electron chi connectivity index (χ3n) is 6.02. The van der Waals surface area contributed by atoms with Gasteiger partial charge < -0.3 is 10.2 Å². The summed E-state index contributed by atoms with van der Waals surface area (Å²) in [5, 5.41) is 6.08. The van der Waals surface area contributed by atoms with Crippen molar-refractivity contribution in [3.8, 4) is 0 Å². The SMILES string of the molecule is CCN(C)C(=O)c1ncc(NC(=O)N2C[C@@](C)(C(F)(F)F)c3c2cnc2cc(Cl)nn32)cc1C(F)F. The number of carbonyl (C=O) groups excluding carboxylic acids is 2. The Bertz CT molecular complexity index is 1360. The first-order valence-electron chi connectivity index (χ1n) is 10.5. The second-order valence-electron chi connectivity index (χ2n) is 8.36. The van der Waals surface area contributed by atoms with Gasteiger partial charge in [-0.05, 0) is 19.9 Å². The van der Waals surface area contributed by atoms with Gasteiger partial charge in [-0.1, -0.05) is 11.6 Å². The lowest BCUT2D eigenvalue weighted by molar-refractivity contribution is -0.181. The van der Waals surface area contributed by atoms with Crippen LogP contribution < -0.4 is 10.2 Å². The van der Waals surface area contributed by atoms with Crippen LogP contribution in [0.25, 0.3) is 5.65 Å². The van der Waals surface area contributed by atoms with Crippen LogP contribution in [0, 0.1) is 0 Å². The smallest absolute Gasteiger partial charge is 0.341 e. The minimum Gasteiger partial charge on any atom is -0.341 e. The lowest BCUT2D eigenvalue weighted by atomic mass is 9.88. The maximum absolute atomic E-state index is 14.2. The highest BCUT2D eigenvalue weighted by atomic mass is 35.5. The third-order valence-corrected chi connectivity index (χ3v) is 6.20. The van der Waals surface area contributed by atoms with Crippen LogP contribution in [0.15, 0.2) is 24.5 Å². The quantitative estimate of drug-likeness (QED) is 0.493. The summed E-state index contributed by atoms with van der Waals surface area (Å²) in [6.07, 6.45) is -5.82. The predicted molar refractivity (Wildman–Crippen MR) is 120 cm³/mol. The number of alkyl halides is 5. The Morgan fingerprint density at radius 3 is 2.56 bits per heavy atom. The molecule has 3 aromatic heterocycles. The van der Waals surface area contributed by atoms with E-state index in [0.29, 0.717) is 0 Å². The van der Waals surface area contributed by atoms with E-state index in [2.05, 4.69) is 20.4 Å². The summed E-state index contributed by atoms with van der Waals surface area (Å²) in [5.41, 5.74) is -4.47. The molecule has 1 atom stereocenters. The largest absolute Gasteiger partial charge is 0.401 e. The summed E-state index contributed by atoms with van der Waals surface area (Å²) in [5.74, 6) is -0.743. The van der Waals surface area contributed by atoms with Crippen molar-refractivity contribution in [2.45, 2.75) is 31.9 Å². The van der Waals surface area contributed by atoms with E-state index in [0.717, 1.165) is 34.8 Å². The molecular weight excluding hydrogens is 513 g/mol. The van der Waals surface area contributed by atoms with Gasteiger partial charge in [0.2, 0.25) is 0 Å². The van der Waals surface area contributed by atoms with Crippen LogP contribution >= 0.6 is 11.6 Å². The second kappa shape index (κ2) is 8.84. The first-order valence-corrected chi connectivity index (χ1v) is 10.9. The van der Waals surface area contributed by atoms with Gasteiger partial charge in [-0.3, -0.25) is 9.69 Å². The summed E-state index contributed by atoms with van der Waals surface area (Å²) >= 11 is 5.86. The van der Waals surface area contributed by atoms with Gasteiger partial charge >= 0.3 is 12.2 Å². The topological polar surface area (TPSA) is 95.7 Å². The molecule has 0 bridgehead atoms. The maximum atomic E-state index is 14.2. The zero-order valence-electron chi connectivity index (χ0n) is 19.1. The highest BCUT2D eigenvalue weighted by Crippen LogP contribution is 2.50. The van der Waals surface area contributed by atoms with E-state index in [1.165, 1.54) is 18.0 Å². The number of halogens is 6. The van der Waals surface area contributed by atoms with Crippen molar-refractivity contribution in [1.29, 1.82) is 0 Å². The molecule has 0 aliphatic carbocycles. The monoisotopic (exact) mass is 531 g/mol. The lowest BCUT2D eigenvalue weighted by Gasteiger charge is -2.28. The van der Waals surface area contributed by atoms with E-state index in [4.69, 9.17) is 11.6 Å². The molecule has 36 heavy (non-hydrogen) atoms. The normalized spacial score (nSPS) is 17.6. The molecule has 0 unspecified atom stereocenters. The van der Waals surface area contributed by atoms with Gasteiger partial charge in [0.15, 0.2) is 10.8 Å². The molecule has 1 aliphatic heterocycles. The van der Waals surface area contributed by atoms with Crippen molar-refractivity contribution in [3.05, 3.63) is 46.6 Å². The number of nitrogens with zero attached hydrogens (tertiary/aromatic N) is 6. The van der Waals surface area contributed by atoms with Crippen LogP contribution in [-0.2, 0) is 5.41 Å². The molecular formula is C21H19ClF5N7O2. The number of nitrogens with one attached hydrogen (secondary N) is 1. The summed E-state index contributed by atoms with van der Waals surface area (Å²) < 4.78 is 70.9. The predicted octanol–water partition coefficient (Wildman–Crippen LogP) is 4.68. The van der Waals surface area contributed by atoms with E-state index >= 15 is 0 Å². The zero-order valence-corrected chi connectivity index (χ0v) is 19.8. The Hall–Kier alpha value is -3.55. The summed E-state index contributed by atoms with van der Waals surface area (Å²) in [6.45, 7) is 1.98. The highest BCUT2D eigenvalue weighted by Gasteiger charge is 2.60. The van der Waals surface area contributed by atoms with Crippen LogP contribution in [0.2, 0.25) is 5.15 Å². The molecule has 9 nitrogen and oxygen atoms in total. The molecule has 3 aromatic rings. The zero-order chi connectivity index (χ0) is 26.6. The third kappa shape index (κ3) is 4.08. The number of amides is 3. The molecule has 1 N–H and O–H groups in total. The van der Waals surface area contributed by atoms with Gasteiger partial charge in [0.25, 0.3) is 12.3 Å². The van der Waals surface area contributed by atoms with E-state index < -0.39 is 47.8 Å². The van der Waals surface area contributed by atoms with Crippen molar-refractivity contribution in [3.63, 3.8) is 0 Å². The summed E-state index contributed by atoms with van der Waals surface area (Å²) in [6, 6.07) is 1.09. The van der Waals surface area contributed by atoms with Gasteiger partial charge in [-0.15, -0.1) is 0 Å². The van der Waals surface area contributed by atoms with Gasteiger partial charge in [0.05, 0.1) is 35.0 Å². The van der Waals surface area contributed by atoms with Crippen molar-refractivity contribution in [1.82, 2.24) is 24.5 Å². The molecule has 4 rings (SSSR count). The van der Waals surface area contributed by atoms with E-state index in [-0.39, 0.29) is 34.4 Å². The lowest BCUT2D eigenvalue weighted by Crippen LogP contribution is -2.46. The number of hydrogen-bond donors (Lipinski definition) is 1. The number of anilines is 2. The molecule has 3 amide bonds. The highest BCUT2D eigenvalue weighted by molar-refractivity contribution is 6.29. The number of aromatic nitrogens is 4. The fourth-order valence-electron chi connectivity index (χ4n) is 3.90. The number of fused-ring (bicyclic) bond motifs is 3. The number of urea groups is 1. The summed E-state index contributed by atoms with van der Waals surface area (Å²) in [4.78, 5) is 35.2. The van der Waals surface area contributed by atoms with Crippen LogP contribution in [0.3, 0.4) is 0 Å². The summed E-state index contributed by atoms with van der Waals surface area (Å²) in [7, 11) is 1.41. The van der Waals surface area contributed by atoms with Crippen molar-refractivity contribution in [2.24, 2.45) is 0 Å². The Morgan fingerprint density at radius 2 is 1.94 bits per heavy atom. The van der Waals surface area contributed by atoms with Crippen molar-refractivity contribution >= 4 is 40.6 Å². The van der Waals surface area contributed by atoms with Crippen molar-refractivity contribution < 1.29 is 31.5 Å². The van der Waals surface area contributed by atoms with E-state index in [1.807, 2.05) is 0 Å². The van der Waals surface area contributed by atoms with Gasteiger partial charge in [0.1, 0.15) is 11.1 Å². The minimum absolute atomic E-state index is 0.0551. The fourth-order valence-corrected chi connectivity index (χ4v) is 4.08. The van der Waals surface area contributed by atoms with Crippen LogP contribution in [-0.4, -0.2) is 62.7 Å². The second-order valence-corrected chi connectivity index (χ2v) is 8.74. The van der Waals surface area contributed by atoms with Gasteiger partial charge in [-0.25, -0.2) is 28.1 Å². The molecule has 0 spiro atoms. The molecule has 192 valence electrons. The van der Waals surface area contributed by atoms with Crippen LogP contribution in [0.1, 0.15) is 42.0 Å². The fraction of sp³-hybridized carbons (Fsp3) is 0.381. The molecule has 15 heteroatoms. The van der Waals surface area contributed by atoms with Crippen molar-refractivity contribution in [2.75, 3.05) is 30.4 Å². The molecule has 0 saturated carbocycles. The Kier molecular flexibility index (Phi) is 6.27. The number of hydrogen-bond acceptors (Lipinski definition) is 5. The van der Waals surface area contributed by atoms with Gasteiger partial charge in [0, 0.05) is 26.2 Å². The first kappa shape index (κ1) is 25.5. The molecule has 0 saturated heterocycles. The van der Waals surface area contributed by atoms with Crippen LogP contribution in [0.5, 0.6) is 0 Å². The number of pyridine rings is 1. The minimum atomic E-state index is -4.79. The Morgan fingerprint density at radius 1 is 1.25 bits per heavy atom. The molecule has 4 heterocycles. The molecule has 0 radical (unpaired) electrons. The average Bonchev–Trinajstić information content (AvgIpc) is 3.34. The van der Waals surface area contributed by atoms with E-state index in [9.17, 15) is 31.5 Å². The maximum Gasteiger partial charge on any atom is 0.401 e. The first-order chi connectivity index (χ1) is 16.8. The average molecular weight is 532 g/mol. The molecule has 0 aromatic carbocycles. The Balaban J connectivity index is 1.72. The van der Waals surface area contributed by atoms with Gasteiger partial charge in [-0.2, -0.15) is 18.3 Å².